The lowest BCUT2D eigenvalue weighted by Gasteiger charge is -2.38. The molecule has 0 radical (unpaired) electrons. The summed E-state index contributed by atoms with van der Waals surface area (Å²) in [6.45, 7) is -0.0564. The number of aryl methyl sites for hydroxylation is 1. The van der Waals surface area contributed by atoms with Crippen LogP contribution < -0.4 is 4.74 Å². The number of benzene rings is 3. The smallest absolute Gasteiger partial charge is 0.341 e. The Morgan fingerprint density at radius 1 is 1.00 bits per heavy atom. The molecule has 3 aromatic carbocycles. The van der Waals surface area contributed by atoms with Crippen molar-refractivity contribution in [3.63, 3.8) is 0 Å². The molecule has 0 aliphatic carbocycles. The Morgan fingerprint density at radius 2 is 1.75 bits per heavy atom. The van der Waals surface area contributed by atoms with Crippen LogP contribution in [0.25, 0.3) is 0 Å². The van der Waals surface area contributed by atoms with Crippen LogP contribution in [0.2, 0.25) is 0 Å². The molecule has 6 heteroatoms. The normalized spacial score (nSPS) is 15.2. The maximum absolute atomic E-state index is 14.3. The molecule has 3 aromatic rings. The average Bonchev–Trinajstić information content (AvgIpc) is 2.81. The number of aliphatic carboxylic acids is 1. The molecule has 0 spiro atoms. The first-order chi connectivity index (χ1) is 15.5. The fourth-order valence-corrected chi connectivity index (χ4v) is 4.21. The van der Waals surface area contributed by atoms with Crippen molar-refractivity contribution >= 4 is 11.9 Å². The molecular weight excluding hydrogens is 409 g/mol. The highest BCUT2D eigenvalue weighted by molar-refractivity contribution is 5.78. The fourth-order valence-electron chi connectivity index (χ4n) is 4.21. The van der Waals surface area contributed by atoms with Gasteiger partial charge in [0, 0.05) is 18.5 Å². The molecule has 32 heavy (non-hydrogen) atoms. The molecule has 164 valence electrons. The van der Waals surface area contributed by atoms with Crippen LogP contribution in [-0.4, -0.2) is 35.0 Å². The molecule has 1 aliphatic rings. The number of hydrogen-bond acceptors (Lipinski definition) is 3. The first-order valence-electron chi connectivity index (χ1n) is 10.6. The predicted molar refractivity (Wildman–Crippen MR) is 118 cm³/mol. The number of fused-ring (bicyclic) bond motifs is 1. The largest absolute Gasteiger partial charge is 0.482 e. The number of rotatable bonds is 7. The molecule has 4 rings (SSSR count). The molecule has 0 saturated heterocycles. The first kappa shape index (κ1) is 21.6. The van der Waals surface area contributed by atoms with Gasteiger partial charge in [0.2, 0.25) is 5.91 Å². The van der Waals surface area contributed by atoms with E-state index in [4.69, 9.17) is 9.84 Å². The van der Waals surface area contributed by atoms with E-state index in [9.17, 15) is 14.0 Å². The molecule has 0 saturated carbocycles. The van der Waals surface area contributed by atoms with Crippen LogP contribution in [0.3, 0.4) is 0 Å². The third-order valence-corrected chi connectivity index (χ3v) is 5.69. The van der Waals surface area contributed by atoms with Crippen LogP contribution in [0.5, 0.6) is 5.75 Å². The second-order valence-corrected chi connectivity index (χ2v) is 7.79. The molecule has 1 N–H and O–H groups in total. The first-order valence-corrected chi connectivity index (χ1v) is 10.6. The van der Waals surface area contributed by atoms with Crippen LogP contribution in [0.15, 0.2) is 72.8 Å². The Morgan fingerprint density at radius 3 is 2.53 bits per heavy atom. The number of carboxylic acids is 1. The molecule has 1 amide bonds. The van der Waals surface area contributed by atoms with E-state index in [1.54, 1.807) is 4.90 Å². The van der Waals surface area contributed by atoms with E-state index in [-0.39, 0.29) is 11.7 Å². The standard InChI is InChI=1S/C26H24FNO4/c27-20-11-12-23(32-17-25(30)31)22(16-20)26-21-9-5-4-8-19(21)14-15-28(26)24(29)13-10-18-6-2-1-3-7-18/h1-9,11-12,16,26H,10,13-15,17H2,(H,30,31). The number of carbonyl (C=O) groups is 2. The van der Waals surface area contributed by atoms with Gasteiger partial charge in [-0.2, -0.15) is 0 Å². The van der Waals surface area contributed by atoms with Crippen molar-refractivity contribution in [3.8, 4) is 5.75 Å². The van der Waals surface area contributed by atoms with Crippen molar-refractivity contribution in [1.29, 1.82) is 0 Å². The second-order valence-electron chi connectivity index (χ2n) is 7.79. The van der Waals surface area contributed by atoms with Crippen LogP contribution in [0.1, 0.15) is 34.7 Å². The number of carbonyl (C=O) groups excluding carboxylic acids is 1. The highest BCUT2D eigenvalue weighted by atomic mass is 19.1. The van der Waals surface area contributed by atoms with Gasteiger partial charge in [-0.3, -0.25) is 4.79 Å². The number of ether oxygens (including phenoxy) is 1. The lowest BCUT2D eigenvalue weighted by molar-refractivity contribution is -0.139. The quantitative estimate of drug-likeness (QED) is 0.600. The van der Waals surface area contributed by atoms with Crippen molar-refractivity contribution in [2.24, 2.45) is 0 Å². The van der Waals surface area contributed by atoms with Crippen molar-refractivity contribution in [1.82, 2.24) is 4.90 Å². The molecule has 1 unspecified atom stereocenters. The third kappa shape index (κ3) is 4.80. The number of amides is 1. The fraction of sp³-hybridized carbons (Fsp3) is 0.231. The summed E-state index contributed by atoms with van der Waals surface area (Å²) in [5.41, 5.74) is 3.51. The van der Waals surface area contributed by atoms with Gasteiger partial charge in [0.05, 0.1) is 6.04 Å². The molecule has 0 fully saturated rings. The van der Waals surface area contributed by atoms with E-state index >= 15 is 0 Å². The highest BCUT2D eigenvalue weighted by Crippen LogP contribution is 2.40. The van der Waals surface area contributed by atoms with Gasteiger partial charge in [-0.15, -0.1) is 0 Å². The van der Waals surface area contributed by atoms with Crippen molar-refractivity contribution in [3.05, 3.63) is 101 Å². The van der Waals surface area contributed by atoms with Crippen LogP contribution in [0.4, 0.5) is 4.39 Å². The Labute approximate surface area is 186 Å². The minimum atomic E-state index is -1.12. The minimum absolute atomic E-state index is 0.0400. The second kappa shape index (κ2) is 9.64. The molecule has 0 aromatic heterocycles. The van der Waals surface area contributed by atoms with E-state index in [1.165, 1.54) is 18.2 Å². The lowest BCUT2D eigenvalue weighted by Crippen LogP contribution is -2.41. The predicted octanol–water partition coefficient (Wildman–Crippen LogP) is 4.40. The molecule has 1 heterocycles. The van der Waals surface area contributed by atoms with Crippen molar-refractivity contribution < 1.29 is 23.8 Å². The molecule has 1 atom stereocenters. The van der Waals surface area contributed by atoms with E-state index in [0.29, 0.717) is 31.4 Å². The summed E-state index contributed by atoms with van der Waals surface area (Å²) >= 11 is 0. The van der Waals surface area contributed by atoms with Gasteiger partial charge in [-0.25, -0.2) is 9.18 Å². The SMILES string of the molecule is O=C(O)COc1ccc(F)cc1C1c2ccccc2CCN1C(=O)CCc1ccccc1. The van der Waals surface area contributed by atoms with Gasteiger partial charge in [0.25, 0.3) is 0 Å². The number of nitrogens with zero attached hydrogens (tertiary/aromatic N) is 1. The van der Waals surface area contributed by atoms with Gasteiger partial charge >= 0.3 is 5.97 Å². The maximum atomic E-state index is 14.3. The third-order valence-electron chi connectivity index (χ3n) is 5.69. The zero-order valence-corrected chi connectivity index (χ0v) is 17.5. The molecular formula is C26H24FNO4. The van der Waals surface area contributed by atoms with Crippen LogP contribution in [-0.2, 0) is 22.4 Å². The summed E-state index contributed by atoms with van der Waals surface area (Å²) in [4.78, 5) is 26.1. The summed E-state index contributed by atoms with van der Waals surface area (Å²) in [6.07, 6.45) is 1.63. The van der Waals surface area contributed by atoms with Gasteiger partial charge in [-0.1, -0.05) is 54.6 Å². The van der Waals surface area contributed by atoms with E-state index in [0.717, 1.165) is 16.7 Å². The van der Waals surface area contributed by atoms with E-state index < -0.39 is 24.4 Å². The number of halogens is 1. The summed E-state index contributed by atoms with van der Waals surface area (Å²) in [6, 6.07) is 21.0. The molecule has 5 nitrogen and oxygen atoms in total. The monoisotopic (exact) mass is 433 g/mol. The topological polar surface area (TPSA) is 66.8 Å². The Balaban J connectivity index is 1.69. The summed E-state index contributed by atoms with van der Waals surface area (Å²) < 4.78 is 19.8. The highest BCUT2D eigenvalue weighted by Gasteiger charge is 2.33. The maximum Gasteiger partial charge on any atom is 0.341 e. The summed E-state index contributed by atoms with van der Waals surface area (Å²) in [7, 11) is 0. The van der Waals surface area contributed by atoms with Gasteiger partial charge in [0.15, 0.2) is 6.61 Å². The van der Waals surface area contributed by atoms with Gasteiger partial charge in [-0.05, 0) is 47.7 Å². The Kier molecular flexibility index (Phi) is 6.50. The van der Waals surface area contributed by atoms with E-state index in [1.807, 2.05) is 54.6 Å². The Bertz CT molecular complexity index is 1120. The molecule has 1 aliphatic heterocycles. The molecule has 0 bridgehead atoms. The van der Waals surface area contributed by atoms with Gasteiger partial charge < -0.3 is 14.7 Å². The lowest BCUT2D eigenvalue weighted by atomic mass is 9.87. The minimum Gasteiger partial charge on any atom is -0.482 e. The number of carboxylic acid groups (broad SMARTS) is 1. The summed E-state index contributed by atoms with van der Waals surface area (Å²) in [5.74, 6) is -1.37. The van der Waals surface area contributed by atoms with E-state index in [2.05, 4.69) is 0 Å². The number of hydrogen-bond donors (Lipinski definition) is 1. The van der Waals surface area contributed by atoms with Crippen LogP contribution in [0, 0.1) is 5.82 Å². The van der Waals surface area contributed by atoms with Crippen LogP contribution >= 0.6 is 0 Å². The van der Waals surface area contributed by atoms with Crippen molar-refractivity contribution in [2.45, 2.75) is 25.3 Å². The Hall–Kier alpha value is -3.67. The average molecular weight is 433 g/mol. The van der Waals surface area contributed by atoms with Gasteiger partial charge in [0.1, 0.15) is 11.6 Å². The zero-order valence-electron chi connectivity index (χ0n) is 17.5. The zero-order chi connectivity index (χ0) is 22.5. The summed E-state index contributed by atoms with van der Waals surface area (Å²) in [5, 5.41) is 9.04. The van der Waals surface area contributed by atoms with Crippen molar-refractivity contribution in [2.75, 3.05) is 13.2 Å².